The molecule has 0 bridgehead atoms. The van der Waals surface area contributed by atoms with Crippen LogP contribution in [0.3, 0.4) is 0 Å². The van der Waals surface area contributed by atoms with E-state index in [1.807, 2.05) is 25.1 Å². The van der Waals surface area contributed by atoms with Crippen LogP contribution in [-0.4, -0.2) is 109 Å². The minimum Gasteiger partial charge on any atom is -0.497 e. The SMILES string of the molecule is CCN(Cc1cc(C(=O)OCCCN2CCN(CCOC(=O)Cc3c(C)n(C(=O)c4ccc(Cl)cc4)c4ccc(OC)cc34)CC2)cc(Br)c1N)C1CCCCC1. The van der Waals surface area contributed by atoms with Crippen molar-refractivity contribution in [3.63, 3.8) is 0 Å². The topological polar surface area (TPSA) is 120 Å². The largest absolute Gasteiger partial charge is 0.497 e. The number of nitrogens with zero attached hydrogens (tertiary/aromatic N) is 4. The van der Waals surface area contributed by atoms with Crippen LogP contribution in [0.2, 0.25) is 5.02 Å². The van der Waals surface area contributed by atoms with Crippen LogP contribution in [0.5, 0.6) is 5.75 Å². The molecule has 11 nitrogen and oxygen atoms in total. The number of piperazine rings is 1. The van der Waals surface area contributed by atoms with Gasteiger partial charge in [0, 0.05) is 78.0 Å². The maximum atomic E-state index is 13.6. The number of carbonyl (C=O) groups is 3. The van der Waals surface area contributed by atoms with Gasteiger partial charge in [-0.05, 0) is 114 Å². The number of benzene rings is 3. The Bertz CT molecular complexity index is 2020. The number of hydrogen-bond acceptors (Lipinski definition) is 10. The Morgan fingerprint density at radius 3 is 2.28 bits per heavy atom. The van der Waals surface area contributed by atoms with Gasteiger partial charge in [-0.15, -0.1) is 0 Å². The highest BCUT2D eigenvalue weighted by atomic mass is 79.9. The number of nitrogens with two attached hydrogens (primary N) is 1. The number of esters is 2. The lowest BCUT2D eigenvalue weighted by Crippen LogP contribution is -2.47. The summed E-state index contributed by atoms with van der Waals surface area (Å²) < 4.78 is 19.2. The molecule has 1 aromatic heterocycles. The number of halogens is 2. The average Bonchev–Trinajstić information content (AvgIpc) is 3.49. The summed E-state index contributed by atoms with van der Waals surface area (Å²) in [6, 6.07) is 16.5. The lowest BCUT2D eigenvalue weighted by atomic mass is 9.93. The van der Waals surface area contributed by atoms with Crippen molar-refractivity contribution in [1.82, 2.24) is 19.3 Å². The Morgan fingerprint density at radius 2 is 1.60 bits per heavy atom. The number of ether oxygens (including phenoxy) is 3. The van der Waals surface area contributed by atoms with E-state index in [0.717, 1.165) is 73.2 Å². The van der Waals surface area contributed by atoms with Gasteiger partial charge in [-0.25, -0.2) is 4.79 Å². The van der Waals surface area contributed by atoms with Crippen molar-refractivity contribution in [3.8, 4) is 5.75 Å². The van der Waals surface area contributed by atoms with Crippen molar-refractivity contribution >= 4 is 62.0 Å². The molecule has 2 heterocycles. The number of carbonyl (C=O) groups excluding carboxylic acids is 3. The molecule has 306 valence electrons. The molecule has 4 aromatic rings. The van der Waals surface area contributed by atoms with E-state index in [-0.39, 0.29) is 30.9 Å². The first-order valence-electron chi connectivity index (χ1n) is 20.1. The number of methoxy groups -OCH3 is 1. The van der Waals surface area contributed by atoms with Gasteiger partial charge in [0.25, 0.3) is 5.91 Å². The molecule has 0 radical (unpaired) electrons. The molecule has 2 fully saturated rings. The van der Waals surface area contributed by atoms with Crippen molar-refractivity contribution in [1.29, 1.82) is 0 Å². The summed E-state index contributed by atoms with van der Waals surface area (Å²) >= 11 is 9.63. The predicted octanol–water partition coefficient (Wildman–Crippen LogP) is 7.75. The Labute approximate surface area is 349 Å². The first-order chi connectivity index (χ1) is 27.6. The summed E-state index contributed by atoms with van der Waals surface area (Å²) in [5.41, 5.74) is 11.2. The second kappa shape index (κ2) is 20.2. The van der Waals surface area contributed by atoms with Crippen LogP contribution in [0.1, 0.15) is 83.0 Å². The van der Waals surface area contributed by atoms with Gasteiger partial charge >= 0.3 is 11.9 Å². The Kier molecular flexibility index (Phi) is 15.1. The molecule has 1 saturated heterocycles. The zero-order chi connectivity index (χ0) is 40.5. The molecular formula is C44H55BrClN5O6. The number of hydrogen-bond donors (Lipinski definition) is 1. The monoisotopic (exact) mass is 863 g/mol. The molecule has 2 aliphatic rings. The fourth-order valence-electron chi connectivity index (χ4n) is 8.14. The van der Waals surface area contributed by atoms with Gasteiger partial charge in [0.15, 0.2) is 0 Å². The highest BCUT2D eigenvalue weighted by molar-refractivity contribution is 9.10. The van der Waals surface area contributed by atoms with Crippen molar-refractivity contribution in [2.45, 2.75) is 71.4 Å². The van der Waals surface area contributed by atoms with Gasteiger partial charge in [0.2, 0.25) is 0 Å². The Morgan fingerprint density at radius 1 is 0.895 bits per heavy atom. The zero-order valence-electron chi connectivity index (χ0n) is 33.4. The highest BCUT2D eigenvalue weighted by Crippen LogP contribution is 2.32. The summed E-state index contributed by atoms with van der Waals surface area (Å²) in [4.78, 5) is 47.0. The second-order valence-electron chi connectivity index (χ2n) is 15.1. The van der Waals surface area contributed by atoms with E-state index < -0.39 is 0 Å². The summed E-state index contributed by atoms with van der Waals surface area (Å²) in [5.74, 6) is -0.249. The molecule has 0 atom stereocenters. The van der Waals surface area contributed by atoms with Gasteiger partial charge in [-0.2, -0.15) is 0 Å². The Balaban J connectivity index is 0.929. The van der Waals surface area contributed by atoms with Crippen LogP contribution in [0.15, 0.2) is 59.1 Å². The molecule has 13 heteroatoms. The van der Waals surface area contributed by atoms with Gasteiger partial charge in [0.1, 0.15) is 12.4 Å². The van der Waals surface area contributed by atoms with Crippen molar-refractivity contribution in [2.75, 3.05) is 71.9 Å². The molecule has 57 heavy (non-hydrogen) atoms. The number of nitrogen functional groups attached to an aromatic ring is 1. The fourth-order valence-corrected chi connectivity index (χ4v) is 8.77. The first-order valence-corrected chi connectivity index (χ1v) is 21.3. The Hall–Kier alpha value is -3.94. The van der Waals surface area contributed by atoms with Crippen LogP contribution in [-0.2, 0) is 27.2 Å². The molecule has 3 aromatic carbocycles. The highest BCUT2D eigenvalue weighted by Gasteiger charge is 2.25. The molecular weight excluding hydrogens is 810 g/mol. The van der Waals surface area contributed by atoms with Gasteiger partial charge < -0.3 is 24.8 Å². The second-order valence-corrected chi connectivity index (χ2v) is 16.3. The minimum absolute atomic E-state index is 0.0311. The van der Waals surface area contributed by atoms with E-state index in [0.29, 0.717) is 58.0 Å². The summed E-state index contributed by atoms with van der Waals surface area (Å²) in [6.07, 6.45) is 7.05. The van der Waals surface area contributed by atoms with E-state index in [9.17, 15) is 14.4 Å². The molecule has 0 amide bonds. The first kappa shape index (κ1) is 42.7. The third kappa shape index (κ3) is 10.8. The van der Waals surface area contributed by atoms with E-state index in [2.05, 4.69) is 37.6 Å². The molecule has 2 N–H and O–H groups in total. The number of aromatic nitrogens is 1. The molecule has 1 aliphatic carbocycles. The van der Waals surface area contributed by atoms with Crippen LogP contribution in [0, 0.1) is 6.92 Å². The van der Waals surface area contributed by atoms with Crippen molar-refractivity contribution in [3.05, 3.63) is 92.0 Å². The number of rotatable bonds is 16. The van der Waals surface area contributed by atoms with Crippen LogP contribution >= 0.6 is 27.5 Å². The quantitative estimate of drug-likeness (QED) is 0.0681. The molecule has 1 aliphatic heterocycles. The van der Waals surface area contributed by atoms with E-state index in [1.54, 1.807) is 48.1 Å². The van der Waals surface area contributed by atoms with Crippen molar-refractivity contribution in [2.24, 2.45) is 0 Å². The third-order valence-electron chi connectivity index (χ3n) is 11.5. The summed E-state index contributed by atoms with van der Waals surface area (Å²) in [5, 5.41) is 1.32. The smallest absolute Gasteiger partial charge is 0.338 e. The van der Waals surface area contributed by atoms with Crippen LogP contribution in [0.25, 0.3) is 10.9 Å². The standard InChI is InChI=1S/C44H55BrClN5O6/c1-4-50(35-9-6-5-7-10-35)29-33-25-32(26-39(45)42(33)47)44(54)57-23-8-17-48-18-20-49(21-19-48)22-24-56-41(52)28-37-30(2)51(40-16-15-36(55-3)27-38(37)40)43(53)31-11-13-34(46)14-12-31/h11-16,25-27,35H,4-10,17-24,28-29,47H2,1-3H3. The van der Waals surface area contributed by atoms with Gasteiger partial charge in [-0.1, -0.05) is 37.8 Å². The van der Waals surface area contributed by atoms with Crippen LogP contribution < -0.4 is 10.5 Å². The van der Waals surface area contributed by atoms with E-state index >= 15 is 0 Å². The number of anilines is 1. The molecule has 1 saturated carbocycles. The molecule has 0 spiro atoms. The lowest BCUT2D eigenvalue weighted by Gasteiger charge is -2.34. The lowest BCUT2D eigenvalue weighted by molar-refractivity contribution is -0.143. The minimum atomic E-state index is -0.350. The van der Waals surface area contributed by atoms with Crippen LogP contribution in [0.4, 0.5) is 5.69 Å². The average molecular weight is 865 g/mol. The summed E-state index contributed by atoms with van der Waals surface area (Å²) in [6.45, 7) is 11.3. The maximum Gasteiger partial charge on any atom is 0.338 e. The van der Waals surface area contributed by atoms with Gasteiger partial charge in [-0.3, -0.25) is 24.0 Å². The number of fused-ring (bicyclic) bond motifs is 1. The summed E-state index contributed by atoms with van der Waals surface area (Å²) in [7, 11) is 1.59. The third-order valence-corrected chi connectivity index (χ3v) is 12.4. The predicted molar refractivity (Wildman–Crippen MR) is 228 cm³/mol. The van der Waals surface area contributed by atoms with E-state index in [1.165, 1.54) is 32.1 Å². The molecule has 6 rings (SSSR count). The maximum absolute atomic E-state index is 13.6. The molecule has 0 unspecified atom stereocenters. The van der Waals surface area contributed by atoms with E-state index in [4.69, 9.17) is 31.5 Å². The zero-order valence-corrected chi connectivity index (χ0v) is 35.7. The van der Waals surface area contributed by atoms with Crippen molar-refractivity contribution < 1.29 is 28.6 Å². The van der Waals surface area contributed by atoms with Gasteiger partial charge in [0.05, 0.1) is 36.9 Å². The normalized spacial score (nSPS) is 15.6. The fraction of sp³-hybridized carbons (Fsp3) is 0.477.